The summed E-state index contributed by atoms with van der Waals surface area (Å²) in [6.45, 7) is 2.12. The maximum Gasteiger partial charge on any atom is 0.142 e. The van der Waals surface area contributed by atoms with Gasteiger partial charge in [0, 0.05) is 18.8 Å². The van der Waals surface area contributed by atoms with E-state index < -0.39 is 0 Å². The molecule has 0 heterocycles. The average molecular weight is 284 g/mol. The molecule has 21 heavy (non-hydrogen) atoms. The van der Waals surface area contributed by atoms with E-state index >= 15 is 0 Å². The van der Waals surface area contributed by atoms with Gasteiger partial charge in [0.2, 0.25) is 0 Å². The second-order valence-electron chi connectivity index (χ2n) is 5.27. The first kappa shape index (κ1) is 15.4. The molecule has 2 rings (SSSR count). The van der Waals surface area contributed by atoms with Gasteiger partial charge in [0.15, 0.2) is 0 Å². The Morgan fingerprint density at radius 3 is 2.38 bits per heavy atom. The zero-order chi connectivity index (χ0) is 15.2. The van der Waals surface area contributed by atoms with Gasteiger partial charge < -0.3 is 15.4 Å². The Balaban J connectivity index is 2.18. The minimum absolute atomic E-state index is 0.239. The topological polar surface area (TPSA) is 38.5 Å². The maximum atomic E-state index is 6.00. The Morgan fingerprint density at radius 1 is 1.10 bits per heavy atom. The number of methoxy groups -OCH3 is 1. The van der Waals surface area contributed by atoms with E-state index in [2.05, 4.69) is 42.2 Å². The number of benzene rings is 2. The van der Waals surface area contributed by atoms with Crippen molar-refractivity contribution in [1.82, 2.24) is 0 Å². The maximum absolute atomic E-state index is 6.00. The lowest BCUT2D eigenvalue weighted by Gasteiger charge is -2.22. The van der Waals surface area contributed by atoms with E-state index in [1.165, 1.54) is 5.56 Å². The van der Waals surface area contributed by atoms with Crippen molar-refractivity contribution < 1.29 is 4.74 Å². The van der Waals surface area contributed by atoms with Gasteiger partial charge in [0.05, 0.1) is 12.8 Å². The number of nitrogens with two attached hydrogens (primary N) is 1. The fourth-order valence-electron chi connectivity index (χ4n) is 2.35. The average Bonchev–Trinajstić information content (AvgIpc) is 2.54. The van der Waals surface area contributed by atoms with Gasteiger partial charge in [0.25, 0.3) is 0 Å². The molecule has 0 aliphatic rings. The number of rotatable bonds is 6. The minimum atomic E-state index is 0.239. The molecule has 112 valence electrons. The Kier molecular flexibility index (Phi) is 5.23. The largest absolute Gasteiger partial charge is 0.495 e. The highest BCUT2D eigenvalue weighted by Gasteiger charge is 2.09. The zero-order valence-corrected chi connectivity index (χ0v) is 13.0. The molecule has 1 unspecified atom stereocenters. The van der Waals surface area contributed by atoms with Crippen molar-refractivity contribution in [2.75, 3.05) is 19.1 Å². The van der Waals surface area contributed by atoms with Gasteiger partial charge in [-0.15, -0.1) is 0 Å². The molecule has 0 aliphatic heterocycles. The highest BCUT2D eigenvalue weighted by Crippen LogP contribution is 2.32. The molecule has 2 aromatic rings. The molecule has 3 nitrogen and oxygen atoms in total. The fraction of sp³-hybridized carbons (Fsp3) is 0.333. The third-order valence-corrected chi connectivity index (χ3v) is 3.79. The molecule has 0 saturated carbocycles. The van der Waals surface area contributed by atoms with Crippen LogP contribution in [0.5, 0.6) is 5.75 Å². The lowest BCUT2D eigenvalue weighted by Crippen LogP contribution is -2.21. The monoisotopic (exact) mass is 284 g/mol. The standard InChI is InChI=1S/C18H24N2O/c1-4-15(19)13-14-9-11-16(12-10-14)20(2)17-7-5-6-8-18(17)21-3/h5-12,15H,4,13,19H2,1-3H3. The number of ether oxygens (including phenoxy) is 1. The summed E-state index contributed by atoms with van der Waals surface area (Å²) in [5.74, 6) is 0.872. The van der Waals surface area contributed by atoms with Gasteiger partial charge in [-0.1, -0.05) is 31.2 Å². The quantitative estimate of drug-likeness (QED) is 0.878. The van der Waals surface area contributed by atoms with Crippen LogP contribution in [0, 0.1) is 0 Å². The SMILES string of the molecule is CCC(N)Cc1ccc(N(C)c2ccccc2OC)cc1. The van der Waals surface area contributed by atoms with Crippen molar-refractivity contribution in [3.05, 3.63) is 54.1 Å². The van der Waals surface area contributed by atoms with E-state index in [-0.39, 0.29) is 6.04 Å². The number of hydrogen-bond donors (Lipinski definition) is 1. The highest BCUT2D eigenvalue weighted by atomic mass is 16.5. The highest BCUT2D eigenvalue weighted by molar-refractivity contribution is 5.68. The van der Waals surface area contributed by atoms with Gasteiger partial charge in [-0.05, 0) is 42.7 Å². The van der Waals surface area contributed by atoms with E-state index in [0.717, 1.165) is 30.0 Å². The van der Waals surface area contributed by atoms with E-state index in [9.17, 15) is 0 Å². The fourth-order valence-corrected chi connectivity index (χ4v) is 2.35. The summed E-state index contributed by atoms with van der Waals surface area (Å²) in [5.41, 5.74) is 9.47. The van der Waals surface area contributed by atoms with Crippen LogP contribution in [-0.4, -0.2) is 20.2 Å². The van der Waals surface area contributed by atoms with Crippen LogP contribution in [0.15, 0.2) is 48.5 Å². The molecule has 1 atom stereocenters. The predicted octanol–water partition coefficient (Wildman–Crippen LogP) is 3.74. The molecule has 0 radical (unpaired) electrons. The first-order chi connectivity index (χ1) is 10.2. The predicted molar refractivity (Wildman–Crippen MR) is 89.5 cm³/mol. The van der Waals surface area contributed by atoms with E-state index in [4.69, 9.17) is 10.5 Å². The molecule has 0 fully saturated rings. The summed E-state index contributed by atoms with van der Waals surface area (Å²) in [6.07, 6.45) is 1.93. The molecule has 0 bridgehead atoms. The molecule has 0 saturated heterocycles. The van der Waals surface area contributed by atoms with E-state index in [0.29, 0.717) is 0 Å². The Morgan fingerprint density at radius 2 is 1.76 bits per heavy atom. The summed E-state index contributed by atoms with van der Waals surface area (Å²) in [5, 5.41) is 0. The third kappa shape index (κ3) is 3.76. The van der Waals surface area contributed by atoms with Crippen molar-refractivity contribution in [1.29, 1.82) is 0 Å². The van der Waals surface area contributed by atoms with Crippen LogP contribution in [0.25, 0.3) is 0 Å². The Labute approximate surface area is 127 Å². The van der Waals surface area contributed by atoms with Crippen LogP contribution in [0.1, 0.15) is 18.9 Å². The number of nitrogens with zero attached hydrogens (tertiary/aromatic N) is 1. The van der Waals surface area contributed by atoms with Crippen LogP contribution in [-0.2, 0) is 6.42 Å². The second kappa shape index (κ2) is 7.14. The lowest BCUT2D eigenvalue weighted by molar-refractivity contribution is 0.415. The summed E-state index contributed by atoms with van der Waals surface area (Å²) >= 11 is 0. The van der Waals surface area contributed by atoms with Gasteiger partial charge in [0.1, 0.15) is 5.75 Å². The molecule has 0 aromatic heterocycles. The van der Waals surface area contributed by atoms with Crippen molar-refractivity contribution in [3.63, 3.8) is 0 Å². The molecule has 2 aromatic carbocycles. The second-order valence-corrected chi connectivity index (χ2v) is 5.27. The molecular weight excluding hydrogens is 260 g/mol. The van der Waals surface area contributed by atoms with Gasteiger partial charge in [-0.2, -0.15) is 0 Å². The Bertz CT molecular complexity index is 566. The van der Waals surface area contributed by atoms with Crippen LogP contribution in [0.4, 0.5) is 11.4 Å². The molecular formula is C18H24N2O. The summed E-state index contributed by atoms with van der Waals surface area (Å²) < 4.78 is 5.42. The number of para-hydroxylation sites is 2. The molecule has 2 N–H and O–H groups in total. The zero-order valence-electron chi connectivity index (χ0n) is 13.0. The van der Waals surface area contributed by atoms with Crippen molar-refractivity contribution in [2.24, 2.45) is 5.73 Å². The third-order valence-electron chi connectivity index (χ3n) is 3.79. The summed E-state index contributed by atoms with van der Waals surface area (Å²) in [6, 6.07) is 16.8. The molecule has 0 spiro atoms. The minimum Gasteiger partial charge on any atom is -0.495 e. The van der Waals surface area contributed by atoms with Crippen LogP contribution in [0.2, 0.25) is 0 Å². The number of anilines is 2. The first-order valence-corrected chi connectivity index (χ1v) is 7.37. The summed E-state index contributed by atoms with van der Waals surface area (Å²) in [7, 11) is 3.74. The Hall–Kier alpha value is -2.00. The van der Waals surface area contributed by atoms with Crippen molar-refractivity contribution in [3.8, 4) is 5.75 Å². The van der Waals surface area contributed by atoms with Gasteiger partial charge in [-0.25, -0.2) is 0 Å². The normalized spacial score (nSPS) is 12.0. The summed E-state index contributed by atoms with van der Waals surface area (Å²) in [4.78, 5) is 2.13. The van der Waals surface area contributed by atoms with Crippen LogP contribution < -0.4 is 15.4 Å². The van der Waals surface area contributed by atoms with Crippen LogP contribution >= 0.6 is 0 Å². The smallest absolute Gasteiger partial charge is 0.142 e. The lowest BCUT2D eigenvalue weighted by atomic mass is 10.0. The van der Waals surface area contributed by atoms with Gasteiger partial charge >= 0.3 is 0 Å². The van der Waals surface area contributed by atoms with E-state index in [1.807, 2.05) is 25.2 Å². The molecule has 0 amide bonds. The molecule has 3 heteroatoms. The number of hydrogen-bond acceptors (Lipinski definition) is 3. The van der Waals surface area contributed by atoms with Crippen LogP contribution in [0.3, 0.4) is 0 Å². The van der Waals surface area contributed by atoms with Gasteiger partial charge in [-0.3, -0.25) is 0 Å². The molecule has 0 aliphatic carbocycles. The van der Waals surface area contributed by atoms with E-state index in [1.54, 1.807) is 7.11 Å². The first-order valence-electron chi connectivity index (χ1n) is 7.37. The van der Waals surface area contributed by atoms with Crippen molar-refractivity contribution in [2.45, 2.75) is 25.8 Å². The van der Waals surface area contributed by atoms with Crippen molar-refractivity contribution >= 4 is 11.4 Å².